The second kappa shape index (κ2) is 11.1. The molecule has 2 aromatic carbocycles. The van der Waals surface area contributed by atoms with Crippen LogP contribution in [0.1, 0.15) is 5.69 Å². The Kier molecular flexibility index (Phi) is 7.46. The number of hydrogen-bond donors (Lipinski definition) is 1. The number of pyridine rings is 1. The highest BCUT2D eigenvalue weighted by molar-refractivity contribution is 6.30. The summed E-state index contributed by atoms with van der Waals surface area (Å²) in [6.07, 6.45) is 1.62. The Morgan fingerprint density at radius 3 is 2.57 bits per heavy atom. The van der Waals surface area contributed by atoms with Gasteiger partial charge >= 0.3 is 0 Å². The maximum atomic E-state index is 6.21. The van der Waals surface area contributed by atoms with Crippen LogP contribution in [0.3, 0.4) is 0 Å². The van der Waals surface area contributed by atoms with Gasteiger partial charge in [-0.25, -0.2) is 4.98 Å². The van der Waals surface area contributed by atoms with Gasteiger partial charge in [-0.15, -0.1) is 0 Å². The van der Waals surface area contributed by atoms with Gasteiger partial charge in [-0.05, 0) is 67.6 Å². The third-order valence-corrected chi connectivity index (χ3v) is 6.46. The van der Waals surface area contributed by atoms with Crippen LogP contribution in [0.15, 0.2) is 84.0 Å². The fourth-order valence-corrected chi connectivity index (χ4v) is 4.41. The topological polar surface area (TPSA) is 73.6 Å². The smallest absolute Gasteiger partial charge is 0.0999 e. The van der Waals surface area contributed by atoms with Crippen molar-refractivity contribution in [3.8, 4) is 17.1 Å². The van der Waals surface area contributed by atoms with Gasteiger partial charge in [0, 0.05) is 31.1 Å². The number of aromatic nitrogens is 3. The van der Waals surface area contributed by atoms with Crippen LogP contribution in [0.4, 0.5) is 11.4 Å². The Balaban J connectivity index is 1.77. The highest BCUT2D eigenvalue weighted by atomic mass is 35.5. The van der Waals surface area contributed by atoms with E-state index in [2.05, 4.69) is 27.0 Å². The van der Waals surface area contributed by atoms with E-state index in [-0.39, 0.29) is 6.10 Å². The molecule has 2 aliphatic rings. The van der Waals surface area contributed by atoms with E-state index in [0.29, 0.717) is 18.2 Å². The van der Waals surface area contributed by atoms with Crippen molar-refractivity contribution in [1.82, 2.24) is 14.5 Å². The Labute approximate surface area is 220 Å². The molecule has 2 heterocycles. The summed E-state index contributed by atoms with van der Waals surface area (Å²) in [6.45, 7) is 2.87. The molecule has 0 saturated carbocycles. The summed E-state index contributed by atoms with van der Waals surface area (Å²) < 4.78 is 13.0. The zero-order chi connectivity index (χ0) is 25.8. The van der Waals surface area contributed by atoms with E-state index in [1.165, 1.54) is 0 Å². The molecular formula is C29H28ClN5O2. The third kappa shape index (κ3) is 5.34. The van der Waals surface area contributed by atoms with Crippen LogP contribution in [0.25, 0.3) is 28.1 Å². The molecule has 0 spiro atoms. The number of ether oxygens (including phenoxy) is 2. The highest BCUT2D eigenvalue weighted by Gasteiger charge is 2.17. The van der Waals surface area contributed by atoms with E-state index >= 15 is 0 Å². The summed E-state index contributed by atoms with van der Waals surface area (Å²) in [5.41, 5.74) is 7.25. The lowest BCUT2D eigenvalue weighted by atomic mass is 10.1. The minimum Gasteiger partial charge on any atom is -0.382 e. The first-order valence-electron chi connectivity index (χ1n) is 12.0. The van der Waals surface area contributed by atoms with Gasteiger partial charge in [0.15, 0.2) is 0 Å². The second-order valence-electron chi connectivity index (χ2n) is 8.69. The highest BCUT2D eigenvalue weighted by Crippen LogP contribution is 2.31. The second-order valence-corrected chi connectivity index (χ2v) is 9.12. The lowest BCUT2D eigenvalue weighted by Crippen LogP contribution is -2.23. The van der Waals surface area contributed by atoms with Crippen LogP contribution in [0.2, 0.25) is 5.02 Å². The first-order valence-corrected chi connectivity index (χ1v) is 12.4. The van der Waals surface area contributed by atoms with Gasteiger partial charge in [0.2, 0.25) is 0 Å². The van der Waals surface area contributed by atoms with Crippen molar-refractivity contribution in [3.05, 3.63) is 95.1 Å². The SMILES string of the molecule is COCC(CN=c1cc2n(-c3ccc(Cl)cc3)c3ccccc3nc-2cc1Nc1cccnc1C)OC. The lowest BCUT2D eigenvalue weighted by Gasteiger charge is -2.20. The average molecular weight is 514 g/mol. The molecule has 0 bridgehead atoms. The van der Waals surface area contributed by atoms with Gasteiger partial charge in [-0.3, -0.25) is 9.98 Å². The number of methoxy groups -OCH3 is 2. The zero-order valence-corrected chi connectivity index (χ0v) is 21.7. The predicted molar refractivity (Wildman–Crippen MR) is 148 cm³/mol. The van der Waals surface area contributed by atoms with Crippen LogP contribution >= 0.6 is 11.6 Å². The summed E-state index contributed by atoms with van der Waals surface area (Å²) in [5.74, 6) is 0. The molecule has 1 N–H and O–H groups in total. The number of fused-ring (bicyclic) bond motifs is 2. The van der Waals surface area contributed by atoms with E-state index < -0.39 is 0 Å². The van der Waals surface area contributed by atoms with E-state index in [9.17, 15) is 0 Å². The Morgan fingerprint density at radius 2 is 1.81 bits per heavy atom. The maximum Gasteiger partial charge on any atom is 0.0999 e. The number of para-hydroxylation sites is 2. The molecule has 0 radical (unpaired) electrons. The summed E-state index contributed by atoms with van der Waals surface area (Å²) in [4.78, 5) is 14.4. The van der Waals surface area contributed by atoms with Crippen molar-refractivity contribution in [1.29, 1.82) is 0 Å². The number of hydrogen-bond acceptors (Lipinski definition) is 6. The summed E-state index contributed by atoms with van der Waals surface area (Å²) in [5, 5.41) is 5.00. The van der Waals surface area contributed by atoms with Crippen LogP contribution in [0.5, 0.6) is 0 Å². The number of rotatable bonds is 8. The van der Waals surface area contributed by atoms with Crippen LogP contribution < -0.4 is 10.7 Å². The van der Waals surface area contributed by atoms with Crippen molar-refractivity contribution in [3.63, 3.8) is 0 Å². The maximum absolute atomic E-state index is 6.21. The van der Waals surface area contributed by atoms with Gasteiger partial charge in [0.1, 0.15) is 0 Å². The first-order chi connectivity index (χ1) is 18.1. The molecule has 1 atom stereocenters. The Hall–Kier alpha value is -3.78. The number of nitrogens with zero attached hydrogens (tertiary/aromatic N) is 4. The number of aryl methyl sites for hydroxylation is 1. The first kappa shape index (κ1) is 24.9. The van der Waals surface area contributed by atoms with Crippen LogP contribution in [-0.4, -0.2) is 48.0 Å². The Bertz CT molecular complexity index is 1570. The molecule has 5 rings (SSSR count). The molecule has 188 valence electrons. The quantitative estimate of drug-likeness (QED) is 0.266. The normalized spacial score (nSPS) is 12.8. The molecule has 0 fully saturated rings. The van der Waals surface area contributed by atoms with Crippen LogP contribution in [0, 0.1) is 6.92 Å². The minimum atomic E-state index is -0.160. The van der Waals surface area contributed by atoms with Crippen molar-refractivity contribution >= 4 is 34.0 Å². The molecular weight excluding hydrogens is 486 g/mol. The van der Waals surface area contributed by atoms with Gasteiger partial charge in [0.05, 0.1) is 64.1 Å². The molecule has 0 saturated heterocycles. The van der Waals surface area contributed by atoms with Crippen molar-refractivity contribution < 1.29 is 9.47 Å². The van der Waals surface area contributed by atoms with E-state index in [4.69, 9.17) is 31.1 Å². The number of nitrogens with one attached hydrogen (secondary N) is 1. The standard InChI is InChI=1S/C29H28ClN5O2/c1-19-23(8-6-14-31-19)33-26-15-27-29(16-25(26)32-17-22(37-3)18-36-2)35(21-12-10-20(30)11-13-21)28-9-5-4-7-24(28)34-27/h4-16,22,33H,17-18H2,1-3H3. The van der Waals surface area contributed by atoms with Gasteiger partial charge in [0.25, 0.3) is 0 Å². The molecule has 3 aromatic rings. The Morgan fingerprint density at radius 1 is 1.00 bits per heavy atom. The van der Waals surface area contributed by atoms with E-state index in [1.807, 2.05) is 67.6 Å². The molecule has 8 heteroatoms. The third-order valence-electron chi connectivity index (χ3n) is 6.21. The minimum absolute atomic E-state index is 0.160. The van der Waals surface area contributed by atoms with Crippen molar-refractivity contribution in [2.75, 3.05) is 32.7 Å². The number of halogens is 1. The van der Waals surface area contributed by atoms with Gasteiger partial charge in [-0.2, -0.15) is 0 Å². The zero-order valence-electron chi connectivity index (χ0n) is 21.0. The molecule has 1 aliphatic heterocycles. The van der Waals surface area contributed by atoms with Gasteiger partial charge in [-0.1, -0.05) is 23.7 Å². The number of anilines is 2. The van der Waals surface area contributed by atoms with E-state index in [1.54, 1.807) is 20.4 Å². The fraction of sp³-hybridized carbons (Fsp3) is 0.207. The molecule has 1 unspecified atom stereocenters. The predicted octanol–water partition coefficient (Wildman–Crippen LogP) is 5.79. The molecule has 1 aromatic heterocycles. The lowest BCUT2D eigenvalue weighted by molar-refractivity contribution is 0.0340. The summed E-state index contributed by atoms with van der Waals surface area (Å²) in [7, 11) is 3.33. The molecule has 1 aliphatic carbocycles. The van der Waals surface area contributed by atoms with Crippen molar-refractivity contribution in [2.24, 2.45) is 4.99 Å². The van der Waals surface area contributed by atoms with E-state index in [0.717, 1.165) is 50.5 Å². The summed E-state index contributed by atoms with van der Waals surface area (Å²) >= 11 is 6.21. The summed E-state index contributed by atoms with van der Waals surface area (Å²) in [6, 6.07) is 23.9. The monoisotopic (exact) mass is 513 g/mol. The molecule has 0 amide bonds. The van der Waals surface area contributed by atoms with Gasteiger partial charge < -0.3 is 19.4 Å². The van der Waals surface area contributed by atoms with Crippen molar-refractivity contribution in [2.45, 2.75) is 13.0 Å². The largest absolute Gasteiger partial charge is 0.382 e. The molecule has 7 nitrogen and oxygen atoms in total. The number of benzene rings is 3. The average Bonchev–Trinajstić information content (AvgIpc) is 2.91. The van der Waals surface area contributed by atoms with Crippen LogP contribution in [-0.2, 0) is 9.47 Å². The fourth-order valence-electron chi connectivity index (χ4n) is 4.28. The molecule has 37 heavy (non-hydrogen) atoms.